The molecule has 3 heteroatoms. The van der Waals surface area contributed by atoms with Crippen LogP contribution >= 0.6 is 0 Å². The largest absolute Gasteiger partial charge is 0.368 e. The van der Waals surface area contributed by atoms with Gasteiger partial charge in [0.25, 0.3) is 0 Å². The van der Waals surface area contributed by atoms with Gasteiger partial charge in [-0.2, -0.15) is 0 Å². The maximum atomic E-state index is 4.52. The summed E-state index contributed by atoms with van der Waals surface area (Å²) in [5.41, 5.74) is 3.90. The molecule has 0 radical (unpaired) electrons. The SMILES string of the molecule is CCCNCc1cnc(C)cc1N1CCCCCC1CC. The highest BCUT2D eigenvalue weighted by molar-refractivity contribution is 5.54. The Labute approximate surface area is 130 Å². The van der Waals surface area contributed by atoms with Crippen LogP contribution in [0.25, 0.3) is 0 Å². The summed E-state index contributed by atoms with van der Waals surface area (Å²) >= 11 is 0. The van der Waals surface area contributed by atoms with Crippen molar-refractivity contribution in [2.24, 2.45) is 0 Å². The van der Waals surface area contributed by atoms with Crippen molar-refractivity contribution >= 4 is 5.69 Å². The van der Waals surface area contributed by atoms with Crippen LogP contribution in [-0.2, 0) is 6.54 Å². The number of rotatable bonds is 6. The number of anilines is 1. The third kappa shape index (κ3) is 4.44. The Bertz CT molecular complexity index is 430. The maximum Gasteiger partial charge on any atom is 0.0448 e. The van der Waals surface area contributed by atoms with Crippen molar-refractivity contribution in [1.82, 2.24) is 10.3 Å². The average Bonchev–Trinajstić information content (AvgIpc) is 2.74. The van der Waals surface area contributed by atoms with Crippen LogP contribution < -0.4 is 10.2 Å². The van der Waals surface area contributed by atoms with E-state index in [-0.39, 0.29) is 0 Å². The Balaban J connectivity index is 2.23. The molecular weight excluding hydrogens is 258 g/mol. The summed E-state index contributed by atoms with van der Waals surface area (Å²) in [4.78, 5) is 7.18. The molecule has 0 spiro atoms. The lowest BCUT2D eigenvalue weighted by Crippen LogP contribution is -2.35. The summed E-state index contributed by atoms with van der Waals surface area (Å²) < 4.78 is 0. The second-order valence-corrected chi connectivity index (χ2v) is 6.24. The molecule has 0 aliphatic carbocycles. The topological polar surface area (TPSA) is 28.2 Å². The molecule has 2 rings (SSSR count). The van der Waals surface area contributed by atoms with Gasteiger partial charge in [0.1, 0.15) is 0 Å². The molecule has 2 heterocycles. The van der Waals surface area contributed by atoms with Crippen LogP contribution in [0.4, 0.5) is 5.69 Å². The molecule has 1 fully saturated rings. The molecule has 1 N–H and O–H groups in total. The van der Waals surface area contributed by atoms with Crippen molar-refractivity contribution in [3.05, 3.63) is 23.5 Å². The molecule has 1 aliphatic rings. The van der Waals surface area contributed by atoms with E-state index in [1.54, 1.807) is 0 Å². The van der Waals surface area contributed by atoms with E-state index in [0.717, 1.165) is 18.8 Å². The van der Waals surface area contributed by atoms with Gasteiger partial charge in [0.2, 0.25) is 0 Å². The first kappa shape index (κ1) is 16.3. The fraction of sp³-hybridized carbons (Fsp3) is 0.722. The number of nitrogens with zero attached hydrogens (tertiary/aromatic N) is 2. The number of hydrogen-bond acceptors (Lipinski definition) is 3. The summed E-state index contributed by atoms with van der Waals surface area (Å²) in [5.74, 6) is 0. The van der Waals surface area contributed by atoms with Crippen LogP contribution in [0.1, 0.15) is 63.6 Å². The van der Waals surface area contributed by atoms with Gasteiger partial charge in [0.05, 0.1) is 0 Å². The molecule has 1 aromatic rings. The fourth-order valence-electron chi connectivity index (χ4n) is 3.30. The van der Waals surface area contributed by atoms with E-state index in [4.69, 9.17) is 0 Å². The number of pyridine rings is 1. The fourth-order valence-corrected chi connectivity index (χ4v) is 3.30. The van der Waals surface area contributed by atoms with Crippen LogP contribution in [0.15, 0.2) is 12.3 Å². The number of aryl methyl sites for hydroxylation is 1. The molecule has 1 aliphatic heterocycles. The van der Waals surface area contributed by atoms with Crippen molar-refractivity contribution in [2.45, 2.75) is 71.9 Å². The van der Waals surface area contributed by atoms with E-state index in [1.165, 1.54) is 56.3 Å². The van der Waals surface area contributed by atoms with Crippen LogP contribution in [0.3, 0.4) is 0 Å². The van der Waals surface area contributed by atoms with Gasteiger partial charge in [0.15, 0.2) is 0 Å². The third-order valence-electron chi connectivity index (χ3n) is 4.50. The zero-order chi connectivity index (χ0) is 15.1. The van der Waals surface area contributed by atoms with E-state index < -0.39 is 0 Å². The number of aromatic nitrogens is 1. The van der Waals surface area contributed by atoms with Gasteiger partial charge in [-0.15, -0.1) is 0 Å². The molecule has 0 saturated carbocycles. The lowest BCUT2D eigenvalue weighted by Gasteiger charge is -2.33. The predicted octanol–water partition coefficient (Wildman–Crippen LogP) is 4.05. The van der Waals surface area contributed by atoms with Crippen molar-refractivity contribution in [1.29, 1.82) is 0 Å². The summed E-state index contributed by atoms with van der Waals surface area (Å²) in [5, 5.41) is 3.53. The van der Waals surface area contributed by atoms with E-state index in [1.807, 2.05) is 0 Å². The monoisotopic (exact) mass is 289 g/mol. The molecule has 118 valence electrons. The number of hydrogen-bond donors (Lipinski definition) is 1. The minimum absolute atomic E-state index is 0.694. The predicted molar refractivity (Wildman–Crippen MR) is 90.9 cm³/mol. The highest BCUT2D eigenvalue weighted by Gasteiger charge is 2.22. The van der Waals surface area contributed by atoms with Crippen molar-refractivity contribution < 1.29 is 0 Å². The van der Waals surface area contributed by atoms with Crippen LogP contribution in [-0.4, -0.2) is 24.1 Å². The lowest BCUT2D eigenvalue weighted by atomic mass is 10.1. The number of nitrogens with one attached hydrogen (secondary N) is 1. The molecule has 0 amide bonds. The second kappa shape index (κ2) is 8.38. The molecule has 3 nitrogen and oxygen atoms in total. The van der Waals surface area contributed by atoms with Gasteiger partial charge in [-0.1, -0.05) is 26.7 Å². The van der Waals surface area contributed by atoms with Crippen molar-refractivity contribution in [2.75, 3.05) is 18.0 Å². The van der Waals surface area contributed by atoms with E-state index >= 15 is 0 Å². The highest BCUT2D eigenvalue weighted by atomic mass is 15.2. The molecule has 0 bridgehead atoms. The molecule has 1 aromatic heterocycles. The van der Waals surface area contributed by atoms with E-state index in [2.05, 4.69) is 48.2 Å². The molecule has 21 heavy (non-hydrogen) atoms. The summed E-state index contributed by atoms with van der Waals surface area (Å²) in [6.45, 7) is 9.84. The van der Waals surface area contributed by atoms with Crippen LogP contribution in [0.5, 0.6) is 0 Å². The molecule has 1 unspecified atom stereocenters. The minimum atomic E-state index is 0.694. The van der Waals surface area contributed by atoms with Gasteiger partial charge in [-0.05, 0) is 45.2 Å². The lowest BCUT2D eigenvalue weighted by molar-refractivity contribution is 0.553. The van der Waals surface area contributed by atoms with E-state index in [0.29, 0.717) is 6.04 Å². The van der Waals surface area contributed by atoms with Crippen molar-refractivity contribution in [3.63, 3.8) is 0 Å². The molecule has 0 aromatic carbocycles. The van der Waals surface area contributed by atoms with Gasteiger partial charge in [0, 0.05) is 42.3 Å². The Hall–Kier alpha value is -1.09. The van der Waals surface area contributed by atoms with Gasteiger partial charge in [-0.3, -0.25) is 4.98 Å². The van der Waals surface area contributed by atoms with Gasteiger partial charge >= 0.3 is 0 Å². The van der Waals surface area contributed by atoms with Crippen LogP contribution in [0.2, 0.25) is 0 Å². The third-order valence-corrected chi connectivity index (χ3v) is 4.50. The van der Waals surface area contributed by atoms with E-state index in [9.17, 15) is 0 Å². The summed E-state index contributed by atoms with van der Waals surface area (Å²) in [6.07, 6.45) is 9.90. The molecular formula is C18H31N3. The van der Waals surface area contributed by atoms with Crippen molar-refractivity contribution in [3.8, 4) is 0 Å². The molecule has 1 atom stereocenters. The second-order valence-electron chi connectivity index (χ2n) is 6.24. The zero-order valence-electron chi connectivity index (χ0n) is 14.0. The first-order valence-corrected chi connectivity index (χ1v) is 8.69. The normalized spacial score (nSPS) is 19.6. The smallest absolute Gasteiger partial charge is 0.0448 e. The first-order valence-electron chi connectivity index (χ1n) is 8.69. The van der Waals surface area contributed by atoms with Crippen LogP contribution in [0, 0.1) is 6.92 Å². The summed E-state index contributed by atoms with van der Waals surface area (Å²) in [6, 6.07) is 2.98. The Morgan fingerprint density at radius 2 is 2.14 bits per heavy atom. The standard InChI is InChI=1S/C18H31N3/c1-4-10-19-13-16-14-20-15(3)12-18(16)21-11-8-6-7-9-17(21)5-2/h12,14,17,19H,4-11,13H2,1-3H3. The Kier molecular flexibility index (Phi) is 6.50. The summed E-state index contributed by atoms with van der Waals surface area (Å²) in [7, 11) is 0. The Morgan fingerprint density at radius 1 is 1.29 bits per heavy atom. The van der Waals surface area contributed by atoms with Gasteiger partial charge in [-0.25, -0.2) is 0 Å². The quantitative estimate of drug-likeness (QED) is 0.801. The zero-order valence-corrected chi connectivity index (χ0v) is 14.0. The first-order chi connectivity index (χ1) is 10.3. The highest BCUT2D eigenvalue weighted by Crippen LogP contribution is 2.29. The minimum Gasteiger partial charge on any atom is -0.368 e. The molecule has 1 saturated heterocycles. The maximum absolute atomic E-state index is 4.52. The van der Waals surface area contributed by atoms with Gasteiger partial charge < -0.3 is 10.2 Å². The average molecular weight is 289 g/mol. The Morgan fingerprint density at radius 3 is 2.90 bits per heavy atom.